The zero-order valence-electron chi connectivity index (χ0n) is 16.8. The van der Waals surface area contributed by atoms with Gasteiger partial charge in [-0.1, -0.05) is 33.6 Å². The highest BCUT2D eigenvalue weighted by Gasteiger charge is 2.14. The molecule has 3 aromatic rings. The SMILES string of the molecule is COc1ccc(Br)cc1/C=N/NC(=O)c1ccc(NS(=O)(=O)c2ccc(C)cc2)cc1. The van der Waals surface area contributed by atoms with E-state index in [0.29, 0.717) is 22.6 Å². The third-order valence-electron chi connectivity index (χ3n) is 4.29. The topological polar surface area (TPSA) is 96.9 Å². The largest absolute Gasteiger partial charge is 0.496 e. The summed E-state index contributed by atoms with van der Waals surface area (Å²) in [6.07, 6.45) is 1.48. The number of carbonyl (C=O) groups is 1. The van der Waals surface area contributed by atoms with E-state index in [-0.39, 0.29) is 4.90 Å². The third kappa shape index (κ3) is 5.93. The van der Waals surface area contributed by atoms with E-state index in [1.807, 2.05) is 19.1 Å². The summed E-state index contributed by atoms with van der Waals surface area (Å²) in [7, 11) is -2.16. The first-order chi connectivity index (χ1) is 14.8. The lowest BCUT2D eigenvalue weighted by Gasteiger charge is -2.09. The first kappa shape index (κ1) is 22.5. The maximum Gasteiger partial charge on any atom is 0.271 e. The molecule has 0 spiro atoms. The second-order valence-corrected chi connectivity index (χ2v) is 9.18. The average molecular weight is 502 g/mol. The molecule has 3 rings (SSSR count). The fraction of sp³-hybridized carbons (Fsp3) is 0.0909. The first-order valence-corrected chi connectivity index (χ1v) is 11.4. The molecule has 0 fully saturated rings. The Morgan fingerprint density at radius 1 is 1.03 bits per heavy atom. The number of amides is 1. The number of sulfonamides is 1. The van der Waals surface area contributed by atoms with Gasteiger partial charge in [-0.2, -0.15) is 5.10 Å². The molecule has 0 radical (unpaired) electrons. The number of benzene rings is 3. The minimum atomic E-state index is -3.71. The Morgan fingerprint density at radius 3 is 2.35 bits per heavy atom. The van der Waals surface area contributed by atoms with Crippen LogP contribution in [0.2, 0.25) is 0 Å². The molecule has 0 saturated heterocycles. The molecule has 0 saturated carbocycles. The van der Waals surface area contributed by atoms with E-state index >= 15 is 0 Å². The van der Waals surface area contributed by atoms with Gasteiger partial charge in [0.15, 0.2) is 0 Å². The fourth-order valence-corrected chi connectivity index (χ4v) is 4.09. The highest BCUT2D eigenvalue weighted by molar-refractivity contribution is 9.10. The Kier molecular flexibility index (Phi) is 7.09. The molecule has 9 heteroatoms. The van der Waals surface area contributed by atoms with Crippen molar-refractivity contribution in [3.8, 4) is 5.75 Å². The molecule has 7 nitrogen and oxygen atoms in total. The summed E-state index contributed by atoms with van der Waals surface area (Å²) in [6.45, 7) is 1.88. The lowest BCUT2D eigenvalue weighted by molar-refractivity contribution is 0.0955. The summed E-state index contributed by atoms with van der Waals surface area (Å²) in [5.74, 6) is 0.185. The number of carbonyl (C=O) groups excluding carboxylic acids is 1. The molecule has 3 aromatic carbocycles. The van der Waals surface area contributed by atoms with Gasteiger partial charge in [0.05, 0.1) is 18.2 Å². The molecule has 0 heterocycles. The van der Waals surface area contributed by atoms with E-state index in [0.717, 1.165) is 10.0 Å². The van der Waals surface area contributed by atoms with Crippen LogP contribution in [0, 0.1) is 6.92 Å². The first-order valence-electron chi connectivity index (χ1n) is 9.15. The number of hydrogen-bond donors (Lipinski definition) is 2. The quantitative estimate of drug-likeness (QED) is 0.371. The van der Waals surface area contributed by atoms with Crippen LogP contribution in [0.3, 0.4) is 0 Å². The molecule has 0 aromatic heterocycles. The zero-order chi connectivity index (χ0) is 22.4. The molecule has 2 N–H and O–H groups in total. The van der Waals surface area contributed by atoms with Crippen LogP contribution in [0.5, 0.6) is 5.75 Å². The number of nitrogens with one attached hydrogen (secondary N) is 2. The number of halogens is 1. The summed E-state index contributed by atoms with van der Waals surface area (Å²) in [4.78, 5) is 12.5. The van der Waals surface area contributed by atoms with Gasteiger partial charge < -0.3 is 4.74 Å². The van der Waals surface area contributed by atoms with Crippen LogP contribution < -0.4 is 14.9 Å². The molecule has 0 bridgehead atoms. The fourth-order valence-electron chi connectivity index (χ4n) is 2.65. The number of hydrogen-bond acceptors (Lipinski definition) is 5. The highest BCUT2D eigenvalue weighted by Crippen LogP contribution is 2.21. The molecule has 0 aliphatic rings. The van der Waals surface area contributed by atoms with Gasteiger partial charge in [-0.3, -0.25) is 9.52 Å². The Hall–Kier alpha value is -3.17. The van der Waals surface area contributed by atoms with Gasteiger partial charge in [-0.15, -0.1) is 0 Å². The molecular weight excluding hydrogens is 482 g/mol. The molecule has 0 unspecified atom stereocenters. The molecule has 31 heavy (non-hydrogen) atoms. The van der Waals surface area contributed by atoms with E-state index in [4.69, 9.17) is 4.74 Å². The van der Waals surface area contributed by atoms with Crippen molar-refractivity contribution in [1.29, 1.82) is 0 Å². The highest BCUT2D eigenvalue weighted by atomic mass is 79.9. The molecule has 1 amide bonds. The van der Waals surface area contributed by atoms with Crippen molar-refractivity contribution in [1.82, 2.24) is 5.43 Å². The van der Waals surface area contributed by atoms with E-state index in [2.05, 4.69) is 31.2 Å². The summed E-state index contributed by atoms with van der Waals surface area (Å²) in [5, 5.41) is 3.96. The van der Waals surface area contributed by atoms with Crippen LogP contribution >= 0.6 is 15.9 Å². The van der Waals surface area contributed by atoms with Crippen molar-refractivity contribution in [2.75, 3.05) is 11.8 Å². The smallest absolute Gasteiger partial charge is 0.271 e. The van der Waals surface area contributed by atoms with Crippen molar-refractivity contribution < 1.29 is 17.9 Å². The number of ether oxygens (including phenoxy) is 1. The molecule has 0 atom stereocenters. The van der Waals surface area contributed by atoms with Crippen LogP contribution in [0.15, 0.2) is 81.2 Å². The maximum absolute atomic E-state index is 12.5. The van der Waals surface area contributed by atoms with Gasteiger partial charge in [-0.05, 0) is 61.5 Å². The zero-order valence-corrected chi connectivity index (χ0v) is 19.2. The average Bonchev–Trinajstić information content (AvgIpc) is 2.74. The predicted octanol–water partition coefficient (Wildman–Crippen LogP) is 4.33. The van der Waals surface area contributed by atoms with Gasteiger partial charge in [0.25, 0.3) is 15.9 Å². The van der Waals surface area contributed by atoms with Gasteiger partial charge in [-0.25, -0.2) is 13.8 Å². The van der Waals surface area contributed by atoms with Crippen molar-refractivity contribution in [3.05, 3.63) is 87.9 Å². The van der Waals surface area contributed by atoms with E-state index in [1.165, 1.54) is 42.6 Å². The number of rotatable bonds is 7. The van der Waals surface area contributed by atoms with Crippen molar-refractivity contribution in [2.45, 2.75) is 11.8 Å². The molecule has 0 aliphatic heterocycles. The lowest BCUT2D eigenvalue weighted by Crippen LogP contribution is -2.18. The monoisotopic (exact) mass is 501 g/mol. The number of hydrazone groups is 1. The Labute approximate surface area is 189 Å². The summed E-state index contributed by atoms with van der Waals surface area (Å²) in [6, 6.07) is 18.0. The van der Waals surface area contributed by atoms with Crippen molar-refractivity contribution in [3.63, 3.8) is 0 Å². The molecule has 160 valence electrons. The van der Waals surface area contributed by atoms with Gasteiger partial charge in [0.1, 0.15) is 5.75 Å². The van der Waals surface area contributed by atoms with Crippen molar-refractivity contribution >= 4 is 43.8 Å². The van der Waals surface area contributed by atoms with E-state index < -0.39 is 15.9 Å². The minimum absolute atomic E-state index is 0.164. The Balaban J connectivity index is 1.65. The van der Waals surface area contributed by atoms with Gasteiger partial charge in [0.2, 0.25) is 0 Å². The van der Waals surface area contributed by atoms with Crippen LogP contribution in [-0.2, 0) is 10.0 Å². The Morgan fingerprint density at radius 2 is 1.71 bits per heavy atom. The van der Waals surface area contributed by atoms with Crippen LogP contribution in [0.1, 0.15) is 21.5 Å². The number of methoxy groups -OCH3 is 1. The van der Waals surface area contributed by atoms with Crippen LogP contribution in [0.25, 0.3) is 0 Å². The van der Waals surface area contributed by atoms with E-state index in [1.54, 1.807) is 25.3 Å². The summed E-state index contributed by atoms with van der Waals surface area (Å²) >= 11 is 3.38. The normalized spacial score (nSPS) is 11.3. The lowest BCUT2D eigenvalue weighted by atomic mass is 10.2. The minimum Gasteiger partial charge on any atom is -0.496 e. The van der Waals surface area contributed by atoms with Crippen LogP contribution in [-0.4, -0.2) is 27.6 Å². The summed E-state index contributed by atoms with van der Waals surface area (Å²) < 4.78 is 33.5. The van der Waals surface area contributed by atoms with Crippen molar-refractivity contribution in [2.24, 2.45) is 5.10 Å². The third-order valence-corrected chi connectivity index (χ3v) is 6.18. The second-order valence-electron chi connectivity index (χ2n) is 6.58. The maximum atomic E-state index is 12.5. The van der Waals surface area contributed by atoms with E-state index in [9.17, 15) is 13.2 Å². The number of anilines is 1. The Bertz CT molecular complexity index is 1210. The van der Waals surface area contributed by atoms with Gasteiger partial charge >= 0.3 is 0 Å². The summed E-state index contributed by atoms with van der Waals surface area (Å²) in [5.41, 5.74) is 4.78. The van der Waals surface area contributed by atoms with Crippen LogP contribution in [0.4, 0.5) is 5.69 Å². The van der Waals surface area contributed by atoms with Gasteiger partial charge in [0, 0.05) is 21.3 Å². The predicted molar refractivity (Wildman–Crippen MR) is 124 cm³/mol. The standard InChI is InChI=1S/C22H20BrN3O4S/c1-15-3-10-20(11-4-15)31(28,29)26-19-8-5-16(6-9-19)22(27)25-24-14-17-13-18(23)7-12-21(17)30-2/h3-14,26H,1-2H3,(H,25,27)/b24-14+. The number of nitrogens with zero attached hydrogens (tertiary/aromatic N) is 1. The second kappa shape index (κ2) is 9.76. The molecule has 0 aliphatic carbocycles. The molecular formula is C22H20BrN3O4S. The number of aryl methyl sites for hydroxylation is 1.